The van der Waals surface area contributed by atoms with Crippen LogP contribution in [0.15, 0.2) is 42.3 Å². The van der Waals surface area contributed by atoms with Gasteiger partial charge in [0, 0.05) is 26.8 Å². The first-order valence-electron chi connectivity index (χ1n) is 8.15. The van der Waals surface area contributed by atoms with Gasteiger partial charge in [-0.3, -0.25) is 8.37 Å². The Labute approximate surface area is 173 Å². The first-order valence-corrected chi connectivity index (χ1v) is 11.0. The average molecular weight is 498 g/mol. The number of likely N-dealkylation sites (N-methyl/N-ethyl adjacent to an activating group) is 1. The van der Waals surface area contributed by atoms with Crippen LogP contribution in [0.3, 0.4) is 0 Å². The van der Waals surface area contributed by atoms with Gasteiger partial charge in [-0.1, -0.05) is 6.08 Å². The lowest BCUT2D eigenvalue weighted by atomic mass is 10.0. The van der Waals surface area contributed by atoms with Gasteiger partial charge in [0.25, 0.3) is 0 Å². The zero-order chi connectivity index (χ0) is 23.8. The van der Waals surface area contributed by atoms with Crippen molar-refractivity contribution in [1.29, 1.82) is 0 Å². The predicted octanol–water partition coefficient (Wildman–Crippen LogP) is 2.55. The van der Waals surface area contributed by atoms with E-state index in [1.807, 2.05) is 0 Å². The molecule has 8 nitrogen and oxygen atoms in total. The van der Waals surface area contributed by atoms with E-state index in [4.69, 9.17) is 0 Å². The van der Waals surface area contributed by atoms with Crippen molar-refractivity contribution in [3.63, 3.8) is 0 Å². The SMILES string of the molecule is CN1C=CC(C(OS(=O)(=O)C(F)(F)F)C(OS(=O)(=O)C(F)(F)F)c2cccn2C)=CC1. The van der Waals surface area contributed by atoms with Gasteiger partial charge >= 0.3 is 31.3 Å². The molecule has 176 valence electrons. The number of alkyl halides is 6. The highest BCUT2D eigenvalue weighted by Gasteiger charge is 2.53. The molecular formula is C15H16F6N2O6S2. The quantitative estimate of drug-likeness (QED) is 0.324. The summed E-state index contributed by atoms with van der Waals surface area (Å²) in [4.78, 5) is 1.50. The maximum absolute atomic E-state index is 12.9. The smallest absolute Gasteiger partial charge is 0.377 e. The van der Waals surface area contributed by atoms with Crippen molar-refractivity contribution in [3.05, 3.63) is 47.9 Å². The maximum atomic E-state index is 12.9. The summed E-state index contributed by atoms with van der Waals surface area (Å²) >= 11 is 0. The van der Waals surface area contributed by atoms with E-state index in [1.54, 1.807) is 7.05 Å². The van der Waals surface area contributed by atoms with Gasteiger partial charge in [0.2, 0.25) is 0 Å². The molecule has 0 saturated carbocycles. The van der Waals surface area contributed by atoms with Crippen molar-refractivity contribution < 1.29 is 51.5 Å². The number of hydrogen-bond donors (Lipinski definition) is 0. The second-order valence-corrected chi connectivity index (χ2v) is 9.46. The summed E-state index contributed by atoms with van der Waals surface area (Å²) in [5.74, 6) is 0. The van der Waals surface area contributed by atoms with E-state index in [0.717, 1.165) is 22.8 Å². The Hall–Kier alpha value is -2.04. The summed E-state index contributed by atoms with van der Waals surface area (Å²) in [6.07, 6.45) is -0.0903. The summed E-state index contributed by atoms with van der Waals surface area (Å²) in [5, 5.41) is 0. The van der Waals surface area contributed by atoms with E-state index in [-0.39, 0.29) is 17.8 Å². The van der Waals surface area contributed by atoms with Gasteiger partial charge in [-0.15, -0.1) is 0 Å². The summed E-state index contributed by atoms with van der Waals surface area (Å²) in [7, 11) is -9.93. The standard InChI is InChI=1S/C15H16F6N2O6S2/c1-22-8-5-10(6-9-22)12(28-30(24,25)14(16,17)18)13(11-4-3-7-23(11)2)29-31(26,27)15(19,20)21/h3-8,12-13H,9H2,1-2H3. The Kier molecular flexibility index (Phi) is 6.90. The highest BCUT2D eigenvalue weighted by atomic mass is 32.2. The molecule has 2 heterocycles. The van der Waals surface area contributed by atoms with Gasteiger partial charge < -0.3 is 9.47 Å². The van der Waals surface area contributed by atoms with Crippen LogP contribution in [0.4, 0.5) is 26.3 Å². The van der Waals surface area contributed by atoms with Crippen molar-refractivity contribution in [2.45, 2.75) is 23.2 Å². The van der Waals surface area contributed by atoms with Crippen molar-refractivity contribution in [2.24, 2.45) is 7.05 Å². The topological polar surface area (TPSA) is 94.9 Å². The Balaban J connectivity index is 2.66. The molecule has 0 bridgehead atoms. The van der Waals surface area contributed by atoms with Crippen LogP contribution in [0.1, 0.15) is 11.8 Å². The van der Waals surface area contributed by atoms with Crippen LogP contribution in [-0.2, 0) is 35.7 Å². The van der Waals surface area contributed by atoms with Gasteiger partial charge in [-0.2, -0.15) is 43.2 Å². The molecule has 1 aromatic rings. The van der Waals surface area contributed by atoms with Gasteiger partial charge in [-0.25, -0.2) is 0 Å². The van der Waals surface area contributed by atoms with Crippen LogP contribution in [0, 0.1) is 0 Å². The first kappa shape index (κ1) is 25.2. The highest BCUT2D eigenvalue weighted by molar-refractivity contribution is 7.88. The normalized spacial score (nSPS) is 18.1. The Bertz CT molecular complexity index is 1070. The number of aromatic nitrogens is 1. The number of aryl methyl sites for hydroxylation is 1. The molecule has 0 fully saturated rings. The number of halogens is 6. The lowest BCUT2D eigenvalue weighted by molar-refractivity contribution is -0.0685. The molecule has 0 spiro atoms. The minimum Gasteiger partial charge on any atom is -0.377 e. The third-order valence-electron chi connectivity index (χ3n) is 4.04. The molecule has 2 rings (SSSR count). The molecular weight excluding hydrogens is 482 g/mol. The third-order valence-corrected chi connectivity index (χ3v) is 6.10. The van der Waals surface area contributed by atoms with Crippen LogP contribution in [0.25, 0.3) is 0 Å². The molecule has 0 aliphatic carbocycles. The lowest BCUT2D eigenvalue weighted by Gasteiger charge is -2.30. The number of hydrogen-bond acceptors (Lipinski definition) is 7. The minimum atomic E-state index is -6.36. The summed E-state index contributed by atoms with van der Waals surface area (Å²) in [5.41, 5.74) is -12.6. The van der Waals surface area contributed by atoms with Crippen LogP contribution in [0.2, 0.25) is 0 Å². The van der Waals surface area contributed by atoms with Gasteiger partial charge in [-0.05, 0) is 30.0 Å². The zero-order valence-electron chi connectivity index (χ0n) is 15.8. The molecule has 2 atom stereocenters. The van der Waals surface area contributed by atoms with Gasteiger partial charge in [0.15, 0.2) is 0 Å². The molecule has 2 unspecified atom stereocenters. The Morgan fingerprint density at radius 2 is 1.45 bits per heavy atom. The van der Waals surface area contributed by atoms with Crippen LogP contribution >= 0.6 is 0 Å². The fourth-order valence-electron chi connectivity index (χ4n) is 2.49. The van der Waals surface area contributed by atoms with Crippen molar-refractivity contribution in [3.8, 4) is 0 Å². The number of nitrogens with zero attached hydrogens (tertiary/aromatic N) is 2. The van der Waals surface area contributed by atoms with Gasteiger partial charge in [0.1, 0.15) is 12.2 Å². The number of rotatable bonds is 7. The highest BCUT2D eigenvalue weighted by Crippen LogP contribution is 2.38. The zero-order valence-corrected chi connectivity index (χ0v) is 17.4. The molecule has 0 N–H and O–H groups in total. The first-order chi connectivity index (χ1) is 14.0. The minimum absolute atomic E-state index is 0.0175. The van der Waals surface area contributed by atoms with Gasteiger partial charge in [0.05, 0.1) is 5.69 Å². The van der Waals surface area contributed by atoms with E-state index in [9.17, 15) is 43.2 Å². The monoisotopic (exact) mass is 498 g/mol. The lowest BCUT2D eigenvalue weighted by Crippen LogP contribution is -2.38. The summed E-state index contributed by atoms with van der Waals surface area (Å²) < 4.78 is 134. The molecule has 16 heteroatoms. The third kappa shape index (κ3) is 5.61. The van der Waals surface area contributed by atoms with E-state index in [0.29, 0.717) is 0 Å². The molecule has 0 amide bonds. The molecule has 0 radical (unpaired) electrons. The van der Waals surface area contributed by atoms with E-state index >= 15 is 0 Å². The Morgan fingerprint density at radius 1 is 0.935 bits per heavy atom. The summed E-state index contributed by atoms with van der Waals surface area (Å²) in [6.45, 7) is 0.0175. The average Bonchev–Trinajstić information content (AvgIpc) is 3.02. The second kappa shape index (κ2) is 8.48. The fraction of sp³-hybridized carbons (Fsp3) is 0.467. The predicted molar refractivity (Wildman–Crippen MR) is 93.9 cm³/mol. The largest absolute Gasteiger partial charge is 0.523 e. The van der Waals surface area contributed by atoms with Crippen LogP contribution in [0.5, 0.6) is 0 Å². The van der Waals surface area contributed by atoms with Crippen molar-refractivity contribution >= 4 is 20.2 Å². The van der Waals surface area contributed by atoms with Crippen LogP contribution in [-0.4, -0.2) is 57.0 Å². The van der Waals surface area contributed by atoms with Crippen LogP contribution < -0.4 is 0 Å². The maximum Gasteiger partial charge on any atom is 0.523 e. The fourth-order valence-corrected chi connectivity index (χ4v) is 3.67. The molecule has 0 aromatic carbocycles. The van der Waals surface area contributed by atoms with E-state index in [1.165, 1.54) is 30.4 Å². The second-order valence-electron chi connectivity index (χ2n) is 6.34. The van der Waals surface area contributed by atoms with Crippen molar-refractivity contribution in [2.75, 3.05) is 13.6 Å². The Morgan fingerprint density at radius 3 is 1.84 bits per heavy atom. The molecule has 1 aromatic heterocycles. The van der Waals surface area contributed by atoms with E-state index in [2.05, 4.69) is 8.37 Å². The van der Waals surface area contributed by atoms with E-state index < -0.39 is 43.5 Å². The molecule has 0 saturated heterocycles. The molecule has 1 aliphatic heterocycles. The molecule has 1 aliphatic rings. The summed E-state index contributed by atoms with van der Waals surface area (Å²) in [6, 6.07) is 2.28. The molecule has 31 heavy (non-hydrogen) atoms. The van der Waals surface area contributed by atoms with Crippen molar-refractivity contribution in [1.82, 2.24) is 9.47 Å².